The molecule has 0 aromatic heterocycles. The summed E-state index contributed by atoms with van der Waals surface area (Å²) in [6, 6.07) is 22.8. The van der Waals surface area contributed by atoms with Crippen LogP contribution in [0.15, 0.2) is 78.9 Å². The Labute approximate surface area is 222 Å². The molecule has 0 unspecified atom stereocenters. The van der Waals surface area contributed by atoms with Crippen molar-refractivity contribution in [1.82, 2.24) is 10.2 Å². The second kappa shape index (κ2) is 14.0. The third kappa shape index (κ3) is 8.10. The average molecular weight is 527 g/mol. The lowest BCUT2D eigenvalue weighted by Crippen LogP contribution is -2.52. The van der Waals surface area contributed by atoms with Crippen molar-refractivity contribution in [2.24, 2.45) is 0 Å². The van der Waals surface area contributed by atoms with E-state index in [2.05, 4.69) is 5.32 Å². The summed E-state index contributed by atoms with van der Waals surface area (Å²) in [7, 11) is 0. The number of nitrogens with zero attached hydrogens (tertiary/aromatic N) is 1. The van der Waals surface area contributed by atoms with E-state index < -0.39 is 6.04 Å². The quantitative estimate of drug-likeness (QED) is 0.303. The van der Waals surface area contributed by atoms with E-state index in [4.69, 9.17) is 11.6 Å². The molecule has 0 fully saturated rings. The minimum atomic E-state index is -0.723. The van der Waals surface area contributed by atoms with E-state index in [1.54, 1.807) is 29.2 Å². The van der Waals surface area contributed by atoms with Crippen LogP contribution in [0, 0.1) is 5.82 Å². The van der Waals surface area contributed by atoms with Crippen molar-refractivity contribution in [3.63, 3.8) is 0 Å². The summed E-state index contributed by atoms with van der Waals surface area (Å²) in [5.41, 5.74) is 2.27. The molecule has 0 bridgehead atoms. The largest absolute Gasteiger partial charge is 0.352 e. The fourth-order valence-electron chi connectivity index (χ4n) is 3.75. The molecule has 2 atom stereocenters. The Morgan fingerprint density at radius 3 is 2.28 bits per heavy atom. The molecule has 3 aromatic carbocycles. The Morgan fingerprint density at radius 2 is 1.61 bits per heavy atom. The Hall–Kier alpha value is -2.83. The van der Waals surface area contributed by atoms with Gasteiger partial charge in [0, 0.05) is 29.8 Å². The van der Waals surface area contributed by atoms with Crippen LogP contribution in [0.25, 0.3) is 0 Å². The summed E-state index contributed by atoms with van der Waals surface area (Å²) >= 11 is 7.77. The molecule has 0 heterocycles. The highest BCUT2D eigenvalue weighted by Crippen LogP contribution is 2.22. The maximum absolute atomic E-state index is 14.1. The van der Waals surface area contributed by atoms with Crippen LogP contribution >= 0.6 is 23.4 Å². The van der Waals surface area contributed by atoms with Crippen LogP contribution < -0.4 is 5.32 Å². The summed E-state index contributed by atoms with van der Waals surface area (Å²) in [5, 5.41) is 3.59. The fourth-order valence-corrected chi connectivity index (χ4v) is 4.84. The second-order valence-electron chi connectivity index (χ2n) is 8.72. The van der Waals surface area contributed by atoms with Gasteiger partial charge in [0.2, 0.25) is 11.8 Å². The molecule has 36 heavy (non-hydrogen) atoms. The number of benzene rings is 3. The Morgan fingerprint density at radius 1 is 0.972 bits per heavy atom. The molecule has 4 nitrogen and oxygen atoms in total. The van der Waals surface area contributed by atoms with Crippen LogP contribution in [0.3, 0.4) is 0 Å². The standard InChI is InChI=1S/C29H32ClFN2O2S/c1-3-21(2)32-29(35)27(17-22-11-5-4-6-12-22)33(18-23-13-7-9-15-25(23)30)28(34)20-36-19-24-14-8-10-16-26(24)31/h4-16,21,27H,3,17-20H2,1-2H3,(H,32,35)/t21-,27-/m1/s1. The molecule has 0 aliphatic heterocycles. The molecule has 3 rings (SSSR count). The van der Waals surface area contributed by atoms with Gasteiger partial charge < -0.3 is 10.2 Å². The van der Waals surface area contributed by atoms with Gasteiger partial charge in [0.1, 0.15) is 11.9 Å². The van der Waals surface area contributed by atoms with Gasteiger partial charge in [-0.3, -0.25) is 9.59 Å². The van der Waals surface area contributed by atoms with Gasteiger partial charge in [-0.2, -0.15) is 0 Å². The van der Waals surface area contributed by atoms with Crippen LogP contribution in [0.1, 0.15) is 37.0 Å². The van der Waals surface area contributed by atoms with Crippen LogP contribution in [-0.2, 0) is 28.3 Å². The molecule has 0 saturated heterocycles. The topological polar surface area (TPSA) is 49.4 Å². The minimum absolute atomic E-state index is 0.0246. The van der Waals surface area contributed by atoms with Crippen LogP contribution in [0.4, 0.5) is 4.39 Å². The molecule has 7 heteroatoms. The molecule has 0 spiro atoms. The van der Waals surface area contributed by atoms with Gasteiger partial charge in [0.25, 0.3) is 0 Å². The van der Waals surface area contributed by atoms with E-state index in [0.717, 1.165) is 17.5 Å². The predicted octanol–water partition coefficient (Wildman–Crippen LogP) is 6.27. The first-order valence-corrected chi connectivity index (χ1v) is 13.6. The number of nitrogens with one attached hydrogen (secondary N) is 1. The summed E-state index contributed by atoms with van der Waals surface area (Å²) in [6.07, 6.45) is 1.15. The maximum atomic E-state index is 14.1. The third-order valence-electron chi connectivity index (χ3n) is 6.01. The number of carbonyl (C=O) groups excluding carboxylic acids is 2. The molecule has 3 aromatic rings. The second-order valence-corrected chi connectivity index (χ2v) is 10.1. The maximum Gasteiger partial charge on any atom is 0.243 e. The third-order valence-corrected chi connectivity index (χ3v) is 7.35. The van der Waals surface area contributed by atoms with Gasteiger partial charge in [0.15, 0.2) is 0 Å². The zero-order valence-corrected chi connectivity index (χ0v) is 22.2. The lowest BCUT2D eigenvalue weighted by atomic mass is 10.0. The minimum Gasteiger partial charge on any atom is -0.352 e. The van der Waals surface area contributed by atoms with Crippen molar-refractivity contribution < 1.29 is 14.0 Å². The average Bonchev–Trinajstić information content (AvgIpc) is 2.88. The van der Waals surface area contributed by atoms with Crippen molar-refractivity contribution in [1.29, 1.82) is 0 Å². The zero-order chi connectivity index (χ0) is 25.9. The van der Waals surface area contributed by atoms with Crippen molar-refractivity contribution in [2.75, 3.05) is 5.75 Å². The van der Waals surface area contributed by atoms with Gasteiger partial charge in [-0.25, -0.2) is 4.39 Å². The number of thioether (sulfide) groups is 1. The highest BCUT2D eigenvalue weighted by molar-refractivity contribution is 7.99. The SMILES string of the molecule is CC[C@@H](C)NC(=O)[C@@H](Cc1ccccc1)N(Cc1ccccc1Cl)C(=O)CSCc1ccccc1F. The molecule has 0 aliphatic carbocycles. The Kier molecular flexibility index (Phi) is 10.8. The van der Waals surface area contributed by atoms with Gasteiger partial charge in [0.05, 0.1) is 5.75 Å². The van der Waals surface area contributed by atoms with E-state index in [1.165, 1.54) is 17.8 Å². The van der Waals surface area contributed by atoms with E-state index >= 15 is 0 Å². The number of hydrogen-bond donors (Lipinski definition) is 1. The number of amides is 2. The number of hydrogen-bond acceptors (Lipinski definition) is 3. The molecule has 0 radical (unpaired) electrons. The first kappa shape index (κ1) is 27.8. The Bertz CT molecular complexity index is 1140. The van der Waals surface area contributed by atoms with Gasteiger partial charge in [-0.15, -0.1) is 11.8 Å². The van der Waals surface area contributed by atoms with E-state index in [-0.39, 0.29) is 36.0 Å². The smallest absolute Gasteiger partial charge is 0.243 e. The first-order valence-electron chi connectivity index (χ1n) is 12.1. The number of halogens is 2. The van der Waals surface area contributed by atoms with Crippen molar-refractivity contribution in [3.8, 4) is 0 Å². The monoisotopic (exact) mass is 526 g/mol. The number of rotatable bonds is 12. The van der Waals surface area contributed by atoms with E-state index in [1.807, 2.05) is 62.4 Å². The highest BCUT2D eigenvalue weighted by Gasteiger charge is 2.31. The zero-order valence-electron chi connectivity index (χ0n) is 20.6. The Balaban J connectivity index is 1.87. The number of carbonyl (C=O) groups is 2. The predicted molar refractivity (Wildman–Crippen MR) is 146 cm³/mol. The molecule has 2 amide bonds. The molecular weight excluding hydrogens is 495 g/mol. The van der Waals surface area contributed by atoms with E-state index in [0.29, 0.717) is 22.8 Å². The molecule has 1 N–H and O–H groups in total. The molecule has 0 aliphatic rings. The van der Waals surface area contributed by atoms with Crippen molar-refractivity contribution in [3.05, 3.63) is 106 Å². The van der Waals surface area contributed by atoms with Gasteiger partial charge in [-0.1, -0.05) is 85.3 Å². The van der Waals surface area contributed by atoms with Gasteiger partial charge in [-0.05, 0) is 42.2 Å². The molecule has 0 saturated carbocycles. The van der Waals surface area contributed by atoms with Crippen LogP contribution in [0.2, 0.25) is 5.02 Å². The molecule has 190 valence electrons. The van der Waals surface area contributed by atoms with Crippen LogP contribution in [-0.4, -0.2) is 34.6 Å². The van der Waals surface area contributed by atoms with Crippen molar-refractivity contribution in [2.45, 2.75) is 51.1 Å². The van der Waals surface area contributed by atoms with Crippen LogP contribution in [0.5, 0.6) is 0 Å². The summed E-state index contributed by atoms with van der Waals surface area (Å²) < 4.78 is 14.1. The normalized spacial score (nSPS) is 12.6. The van der Waals surface area contributed by atoms with Gasteiger partial charge >= 0.3 is 0 Å². The lowest BCUT2D eigenvalue weighted by Gasteiger charge is -2.32. The molecular formula is C29H32ClFN2O2S. The van der Waals surface area contributed by atoms with E-state index in [9.17, 15) is 14.0 Å². The first-order chi connectivity index (χ1) is 17.4. The summed E-state index contributed by atoms with van der Waals surface area (Å²) in [4.78, 5) is 28.7. The highest BCUT2D eigenvalue weighted by atomic mass is 35.5. The summed E-state index contributed by atoms with van der Waals surface area (Å²) in [6.45, 7) is 4.15. The summed E-state index contributed by atoms with van der Waals surface area (Å²) in [5.74, 6) is -0.217. The lowest BCUT2D eigenvalue weighted by molar-refractivity contribution is -0.139. The van der Waals surface area contributed by atoms with Crippen molar-refractivity contribution >= 4 is 35.2 Å². The fraction of sp³-hybridized carbons (Fsp3) is 0.310.